The van der Waals surface area contributed by atoms with Gasteiger partial charge in [-0.3, -0.25) is 0 Å². The van der Waals surface area contributed by atoms with Crippen molar-refractivity contribution in [1.82, 2.24) is 19.9 Å². The van der Waals surface area contributed by atoms with Crippen molar-refractivity contribution in [3.8, 4) is 5.88 Å². The summed E-state index contributed by atoms with van der Waals surface area (Å²) in [6.45, 7) is 2.22. The first-order valence-corrected chi connectivity index (χ1v) is 5.15. The van der Waals surface area contributed by atoms with E-state index in [1.807, 2.05) is 19.1 Å². The Balaban J connectivity index is 1.83. The zero-order valence-corrected chi connectivity index (χ0v) is 9.17. The van der Waals surface area contributed by atoms with E-state index in [0.717, 1.165) is 11.5 Å². The molecule has 0 saturated carbocycles. The Bertz CT molecular complexity index is 644. The Morgan fingerprint density at radius 3 is 3.06 bits per heavy atom. The maximum Gasteiger partial charge on any atom is 0.243 e. The van der Waals surface area contributed by atoms with Crippen LogP contribution in [0.2, 0.25) is 0 Å². The highest BCUT2D eigenvalue weighted by Crippen LogP contribution is 2.18. The molecule has 0 radical (unpaired) electrons. The summed E-state index contributed by atoms with van der Waals surface area (Å²) in [6.07, 6.45) is 2.98. The summed E-state index contributed by atoms with van der Waals surface area (Å²) in [7, 11) is 0. The molecule has 0 unspecified atom stereocenters. The average Bonchev–Trinajstić information content (AvgIpc) is 2.94. The predicted octanol–water partition coefficient (Wildman–Crippen LogP) is 1.83. The minimum absolute atomic E-state index is 0.332. The van der Waals surface area contributed by atoms with E-state index in [-0.39, 0.29) is 0 Å². The molecule has 3 heterocycles. The lowest BCUT2D eigenvalue weighted by Gasteiger charge is -2.02. The summed E-state index contributed by atoms with van der Waals surface area (Å²) in [5.41, 5.74) is 1.28. The monoisotopic (exact) mass is 230 g/mol. The number of hydrogen-bond acceptors (Lipinski definition) is 5. The molecule has 0 aliphatic carbocycles. The second kappa shape index (κ2) is 3.89. The average molecular weight is 230 g/mol. The normalized spacial score (nSPS) is 10.9. The van der Waals surface area contributed by atoms with Gasteiger partial charge < -0.3 is 14.1 Å². The van der Waals surface area contributed by atoms with Crippen LogP contribution >= 0.6 is 0 Å². The second-order valence-corrected chi connectivity index (χ2v) is 3.58. The fourth-order valence-electron chi connectivity index (χ4n) is 1.55. The lowest BCUT2D eigenvalue weighted by Crippen LogP contribution is -1.97. The third-order valence-electron chi connectivity index (χ3n) is 2.34. The van der Waals surface area contributed by atoms with Crippen LogP contribution in [0, 0.1) is 6.92 Å². The fourth-order valence-corrected chi connectivity index (χ4v) is 1.55. The number of nitrogens with zero attached hydrogens (tertiary/aromatic N) is 3. The van der Waals surface area contributed by atoms with Gasteiger partial charge in [0.2, 0.25) is 5.88 Å². The number of aryl methyl sites for hydroxylation is 1. The lowest BCUT2D eigenvalue weighted by atomic mass is 10.4. The number of aromatic nitrogens is 4. The molecule has 0 spiro atoms. The Labute approximate surface area is 96.7 Å². The van der Waals surface area contributed by atoms with Gasteiger partial charge in [0.05, 0.1) is 6.33 Å². The van der Waals surface area contributed by atoms with Gasteiger partial charge in [0.25, 0.3) is 0 Å². The minimum atomic E-state index is 0.332. The van der Waals surface area contributed by atoms with Gasteiger partial charge in [-0.15, -0.1) is 0 Å². The number of hydrogen-bond donors (Lipinski definition) is 1. The zero-order valence-electron chi connectivity index (χ0n) is 9.17. The molecular formula is C11H10N4O2. The Morgan fingerprint density at radius 2 is 2.24 bits per heavy atom. The summed E-state index contributed by atoms with van der Waals surface area (Å²) in [5.74, 6) is 2.09. The molecule has 0 fully saturated rings. The van der Waals surface area contributed by atoms with Crippen molar-refractivity contribution < 1.29 is 9.15 Å². The van der Waals surface area contributed by atoms with Crippen LogP contribution in [-0.4, -0.2) is 19.9 Å². The van der Waals surface area contributed by atoms with Crippen molar-refractivity contribution >= 4 is 11.2 Å². The molecule has 3 aromatic rings. The number of ether oxygens (including phenoxy) is 1. The molecule has 0 bridgehead atoms. The fraction of sp³-hybridized carbons (Fsp3) is 0.182. The van der Waals surface area contributed by atoms with Crippen molar-refractivity contribution in [3.05, 3.63) is 36.3 Å². The Morgan fingerprint density at radius 1 is 1.29 bits per heavy atom. The lowest BCUT2D eigenvalue weighted by molar-refractivity contribution is 0.260. The highest BCUT2D eigenvalue weighted by molar-refractivity contribution is 5.74. The molecule has 86 valence electrons. The van der Waals surface area contributed by atoms with Crippen molar-refractivity contribution in [2.45, 2.75) is 13.5 Å². The molecule has 0 aliphatic heterocycles. The van der Waals surface area contributed by atoms with Crippen LogP contribution < -0.4 is 4.74 Å². The molecular weight excluding hydrogens is 220 g/mol. The predicted molar refractivity (Wildman–Crippen MR) is 59.5 cm³/mol. The van der Waals surface area contributed by atoms with E-state index < -0.39 is 0 Å². The smallest absolute Gasteiger partial charge is 0.243 e. The number of imidazole rings is 1. The van der Waals surface area contributed by atoms with E-state index in [1.54, 1.807) is 6.33 Å². The van der Waals surface area contributed by atoms with Crippen molar-refractivity contribution in [2.75, 3.05) is 0 Å². The van der Waals surface area contributed by atoms with Crippen LogP contribution in [-0.2, 0) is 6.61 Å². The van der Waals surface area contributed by atoms with E-state index in [2.05, 4.69) is 19.9 Å². The summed E-state index contributed by atoms with van der Waals surface area (Å²) >= 11 is 0. The van der Waals surface area contributed by atoms with E-state index in [9.17, 15) is 0 Å². The first-order chi connectivity index (χ1) is 8.33. The van der Waals surface area contributed by atoms with Gasteiger partial charge in [0.15, 0.2) is 5.65 Å². The number of furan rings is 1. The van der Waals surface area contributed by atoms with Gasteiger partial charge in [-0.05, 0) is 19.1 Å². The van der Waals surface area contributed by atoms with Crippen molar-refractivity contribution in [3.63, 3.8) is 0 Å². The number of aromatic amines is 1. The molecule has 1 N–H and O–H groups in total. The third kappa shape index (κ3) is 1.84. The van der Waals surface area contributed by atoms with E-state index >= 15 is 0 Å². The number of H-pyrrole nitrogens is 1. The minimum Gasteiger partial charge on any atom is -0.468 e. The summed E-state index contributed by atoms with van der Waals surface area (Å²) in [5, 5.41) is 0. The van der Waals surface area contributed by atoms with Crippen molar-refractivity contribution in [2.24, 2.45) is 0 Å². The topological polar surface area (TPSA) is 76.8 Å². The van der Waals surface area contributed by atoms with Gasteiger partial charge in [0, 0.05) is 0 Å². The quantitative estimate of drug-likeness (QED) is 0.742. The molecule has 6 nitrogen and oxygen atoms in total. The van der Waals surface area contributed by atoms with Crippen molar-refractivity contribution in [1.29, 1.82) is 0 Å². The first-order valence-electron chi connectivity index (χ1n) is 5.15. The molecule has 0 amide bonds. The van der Waals surface area contributed by atoms with E-state index in [0.29, 0.717) is 23.7 Å². The summed E-state index contributed by atoms with van der Waals surface area (Å²) < 4.78 is 11.0. The van der Waals surface area contributed by atoms with Crippen LogP contribution in [0.15, 0.2) is 29.2 Å². The Hall–Kier alpha value is -2.37. The molecule has 6 heteroatoms. The molecule has 3 rings (SSSR count). The maximum absolute atomic E-state index is 5.56. The van der Waals surface area contributed by atoms with Gasteiger partial charge >= 0.3 is 0 Å². The van der Waals surface area contributed by atoms with Crippen LogP contribution in [0.3, 0.4) is 0 Å². The zero-order chi connectivity index (χ0) is 11.7. The van der Waals surface area contributed by atoms with Crippen LogP contribution in [0.4, 0.5) is 0 Å². The number of rotatable bonds is 3. The van der Waals surface area contributed by atoms with Crippen LogP contribution in [0.1, 0.15) is 11.5 Å². The highest BCUT2D eigenvalue weighted by atomic mass is 16.5. The largest absolute Gasteiger partial charge is 0.468 e. The molecule has 3 aromatic heterocycles. The molecule has 0 aliphatic rings. The van der Waals surface area contributed by atoms with E-state index in [4.69, 9.17) is 9.15 Å². The molecule has 0 saturated heterocycles. The standard InChI is InChI=1S/C11H10N4O2/c1-7-2-3-8(17-7)4-16-11-9-10(13-5-12-9)14-6-15-11/h2-3,5-6H,4H2,1H3,(H,12,13,14,15). The summed E-state index contributed by atoms with van der Waals surface area (Å²) in [6, 6.07) is 3.77. The Kier molecular flexibility index (Phi) is 2.25. The molecule has 0 aromatic carbocycles. The molecule has 0 atom stereocenters. The van der Waals surface area contributed by atoms with Gasteiger partial charge in [-0.2, -0.15) is 4.98 Å². The van der Waals surface area contributed by atoms with Crippen LogP contribution in [0.5, 0.6) is 5.88 Å². The SMILES string of the molecule is Cc1ccc(COc2ncnc3nc[nH]c23)o1. The number of fused-ring (bicyclic) bond motifs is 1. The molecule has 17 heavy (non-hydrogen) atoms. The second-order valence-electron chi connectivity index (χ2n) is 3.58. The highest BCUT2D eigenvalue weighted by Gasteiger charge is 2.07. The van der Waals surface area contributed by atoms with Gasteiger partial charge in [-0.25, -0.2) is 9.97 Å². The number of nitrogens with one attached hydrogen (secondary N) is 1. The van der Waals surface area contributed by atoms with Crippen LogP contribution in [0.25, 0.3) is 11.2 Å². The first kappa shape index (κ1) is 9.83. The third-order valence-corrected chi connectivity index (χ3v) is 2.34. The summed E-state index contributed by atoms with van der Waals surface area (Å²) in [4.78, 5) is 15.0. The van der Waals surface area contributed by atoms with Gasteiger partial charge in [-0.1, -0.05) is 0 Å². The maximum atomic E-state index is 5.56. The van der Waals surface area contributed by atoms with E-state index in [1.165, 1.54) is 6.33 Å². The van der Waals surface area contributed by atoms with Gasteiger partial charge in [0.1, 0.15) is 30.0 Å².